The third-order valence-electron chi connectivity index (χ3n) is 13.3. The van der Waals surface area contributed by atoms with Crippen LogP contribution in [0.5, 0.6) is 0 Å². The number of nitrogens with one attached hydrogen (secondary N) is 5. The zero-order valence-electron chi connectivity index (χ0n) is 45.7. The SMILES string of the molecule is CC(=O)O.Cc1cc(C(=O)Nc2cc(C(NCC3CC3)c3ccccc3)ccc2F)n(-c2ccc3ncnc(N)c3c2)n1.N=CN.[C-]#[N+]c1cc(-n2nc(C)cc2C(=O)Nc2cc(C(NCC3CC3)c3ccccc3)ccc2F)ccc1F. The van der Waals surface area contributed by atoms with Gasteiger partial charge < -0.3 is 37.8 Å². The van der Waals surface area contributed by atoms with Crippen molar-refractivity contribution >= 4 is 57.9 Å². The molecule has 0 spiro atoms. The van der Waals surface area contributed by atoms with Gasteiger partial charge in [0, 0.05) is 12.3 Å². The minimum Gasteiger partial charge on any atom is -0.481 e. The molecule has 21 heteroatoms. The van der Waals surface area contributed by atoms with Gasteiger partial charge in [-0.25, -0.2) is 37.3 Å². The van der Waals surface area contributed by atoms with E-state index < -0.39 is 35.2 Å². The molecule has 0 radical (unpaired) electrons. The first-order valence-corrected chi connectivity index (χ1v) is 26.5. The van der Waals surface area contributed by atoms with Gasteiger partial charge in [0.1, 0.15) is 41.0 Å². The lowest BCUT2D eigenvalue weighted by molar-refractivity contribution is -0.134. The number of carbonyl (C=O) groups is 3. The van der Waals surface area contributed by atoms with Gasteiger partial charge in [0.15, 0.2) is 0 Å². The maximum atomic E-state index is 15.0. The zero-order valence-corrected chi connectivity index (χ0v) is 45.7. The summed E-state index contributed by atoms with van der Waals surface area (Å²) in [5.74, 6) is -1.96. The molecular formula is C62H61F3N14O4. The van der Waals surface area contributed by atoms with Gasteiger partial charge in [-0.05, 0) is 160 Å². The number of aromatic nitrogens is 6. The smallest absolute Gasteiger partial charge is 0.300 e. The summed E-state index contributed by atoms with van der Waals surface area (Å²) in [5.41, 5.74) is 17.5. The van der Waals surface area contributed by atoms with E-state index in [1.165, 1.54) is 65.6 Å². The summed E-state index contributed by atoms with van der Waals surface area (Å²) in [4.78, 5) is 47.2. The monoisotopic (exact) mass is 1120 g/mol. The molecule has 2 amide bonds. The molecule has 2 saturated carbocycles. The predicted molar refractivity (Wildman–Crippen MR) is 313 cm³/mol. The molecular weight excluding hydrogens is 1060 g/mol. The van der Waals surface area contributed by atoms with Crippen molar-refractivity contribution in [1.82, 2.24) is 40.2 Å². The van der Waals surface area contributed by atoms with Gasteiger partial charge in [-0.1, -0.05) is 72.8 Å². The summed E-state index contributed by atoms with van der Waals surface area (Å²) in [6.45, 7) is 13.5. The van der Waals surface area contributed by atoms with E-state index in [2.05, 4.69) is 64.1 Å². The van der Waals surface area contributed by atoms with E-state index >= 15 is 0 Å². The Balaban J connectivity index is 0.000000195. The highest BCUT2D eigenvalue weighted by atomic mass is 19.1. The number of fused-ring (bicyclic) bond motifs is 1. The largest absolute Gasteiger partial charge is 0.481 e. The number of nitrogens with two attached hydrogens (primary N) is 2. The first-order chi connectivity index (χ1) is 40.0. The second-order valence-corrected chi connectivity index (χ2v) is 19.8. The van der Waals surface area contributed by atoms with E-state index in [9.17, 15) is 22.8 Å². The summed E-state index contributed by atoms with van der Waals surface area (Å²) in [6.07, 6.45) is 7.02. The number of hydrogen-bond acceptors (Lipinski definition) is 11. The fourth-order valence-corrected chi connectivity index (χ4v) is 9.00. The minimum atomic E-state index is -0.833. The average molecular weight is 1120 g/mol. The van der Waals surface area contributed by atoms with Gasteiger partial charge in [0.25, 0.3) is 17.8 Å². The third-order valence-corrected chi connectivity index (χ3v) is 13.3. The lowest BCUT2D eigenvalue weighted by atomic mass is 9.97. The number of amides is 2. The Morgan fingerprint density at radius 2 is 1.10 bits per heavy atom. The Bertz CT molecular complexity index is 3800. The predicted octanol–water partition coefficient (Wildman–Crippen LogP) is 11.2. The number of halogens is 3. The second-order valence-electron chi connectivity index (χ2n) is 19.8. The third kappa shape index (κ3) is 15.7. The topological polar surface area (TPSA) is 261 Å². The van der Waals surface area contributed by atoms with Crippen molar-refractivity contribution in [3.05, 3.63) is 226 Å². The van der Waals surface area contributed by atoms with Crippen LogP contribution < -0.4 is 32.7 Å². The number of carbonyl (C=O) groups excluding carboxylic acids is 2. The van der Waals surface area contributed by atoms with Crippen molar-refractivity contribution in [3.63, 3.8) is 0 Å². The molecule has 0 aliphatic heterocycles. The lowest BCUT2D eigenvalue weighted by Crippen LogP contribution is -2.25. The van der Waals surface area contributed by atoms with Crippen molar-refractivity contribution < 1.29 is 32.7 Å². The van der Waals surface area contributed by atoms with Crippen LogP contribution in [0.1, 0.15) is 99.3 Å². The number of nitrogens with zero attached hydrogens (tertiary/aromatic N) is 7. The van der Waals surface area contributed by atoms with E-state index in [4.69, 9.17) is 27.6 Å². The van der Waals surface area contributed by atoms with Crippen LogP contribution in [0.4, 0.5) is 36.1 Å². The van der Waals surface area contributed by atoms with Crippen LogP contribution >= 0.6 is 0 Å². The van der Waals surface area contributed by atoms with E-state index in [1.54, 1.807) is 68.4 Å². The second kappa shape index (κ2) is 27.4. The quantitative estimate of drug-likeness (QED) is 0.0255. The van der Waals surface area contributed by atoms with Crippen molar-refractivity contribution in [1.29, 1.82) is 5.41 Å². The van der Waals surface area contributed by atoms with Crippen molar-refractivity contribution in [2.45, 2.75) is 58.5 Å². The fraction of sp³-hybridized carbons (Fsp3) is 0.210. The van der Waals surface area contributed by atoms with Crippen LogP contribution in [0.15, 0.2) is 152 Å². The van der Waals surface area contributed by atoms with Crippen LogP contribution in [0.2, 0.25) is 0 Å². The Morgan fingerprint density at radius 3 is 1.54 bits per heavy atom. The molecule has 2 unspecified atom stereocenters. The highest BCUT2D eigenvalue weighted by molar-refractivity contribution is 6.04. The number of carboxylic acid groups (broad SMARTS) is 1. The minimum absolute atomic E-state index is 0.0445. The summed E-state index contributed by atoms with van der Waals surface area (Å²) in [5, 5.41) is 35.4. The number of nitrogen functional groups attached to an aromatic ring is 1. The zero-order chi connectivity index (χ0) is 59.2. The fourth-order valence-electron chi connectivity index (χ4n) is 9.00. The standard InChI is InChI=1S/C30H28FN7O.C29H25F2N5O.C2H4O2.CH4N2/c1-18-13-27(38(37-18)22-10-12-25-23(15-22)29(32)35-17-34-25)30(39)36-26-14-21(9-11-24(26)31)28(33-16-19-7-8-19)20-5-3-2-4-6-20;1-18-14-27(36(35-18)22-11-13-23(30)25(16-22)32-2)29(37)34-26-15-21(10-12-24(26)31)28(33-17-19-8-9-19)20-6-4-3-5-7-20;1-2(3)4;2-1-3/h2-6,9-15,17,19,28,33H,7-8,16H2,1H3,(H,36,39)(H2,32,34,35);3-7,10-16,19,28,33H,8-9,17H2,1H3,(H,34,37);1H3,(H,3,4);1H,(H3,2,3). The number of anilines is 3. The Morgan fingerprint density at radius 1 is 0.663 bits per heavy atom. The van der Waals surface area contributed by atoms with Gasteiger partial charge in [-0.2, -0.15) is 10.2 Å². The van der Waals surface area contributed by atoms with Crippen LogP contribution in [-0.4, -0.2) is 71.8 Å². The number of hydrogen-bond donors (Lipinski definition) is 8. The molecule has 11 rings (SSSR count). The molecule has 10 N–H and O–H groups in total. The highest BCUT2D eigenvalue weighted by Gasteiger charge is 2.27. The summed E-state index contributed by atoms with van der Waals surface area (Å²) < 4.78 is 46.6. The first kappa shape index (κ1) is 59.1. The molecule has 3 heterocycles. The van der Waals surface area contributed by atoms with Gasteiger partial charge in [0.2, 0.25) is 5.69 Å². The number of carboxylic acids is 1. The van der Waals surface area contributed by atoms with E-state index in [0.29, 0.717) is 51.3 Å². The first-order valence-electron chi connectivity index (χ1n) is 26.5. The maximum absolute atomic E-state index is 15.0. The maximum Gasteiger partial charge on any atom is 0.300 e. The van der Waals surface area contributed by atoms with Gasteiger partial charge in [0.05, 0.1) is 64.6 Å². The van der Waals surface area contributed by atoms with Crippen molar-refractivity contribution in [2.24, 2.45) is 17.6 Å². The molecule has 6 aromatic carbocycles. The Kier molecular flexibility index (Phi) is 19.5. The molecule has 424 valence electrons. The molecule has 0 saturated heterocycles. The molecule has 83 heavy (non-hydrogen) atoms. The molecule has 18 nitrogen and oxygen atoms in total. The van der Waals surface area contributed by atoms with E-state index in [0.717, 1.165) is 54.7 Å². The van der Waals surface area contributed by atoms with Crippen LogP contribution in [-0.2, 0) is 4.79 Å². The number of aryl methyl sites for hydroxylation is 2. The number of rotatable bonds is 16. The molecule has 0 bridgehead atoms. The van der Waals surface area contributed by atoms with Crippen molar-refractivity contribution in [3.8, 4) is 11.4 Å². The molecule has 2 aliphatic rings. The van der Waals surface area contributed by atoms with Gasteiger partial charge in [-0.3, -0.25) is 19.8 Å². The summed E-state index contributed by atoms with van der Waals surface area (Å²) >= 11 is 0. The molecule has 2 aliphatic carbocycles. The number of benzene rings is 6. The van der Waals surface area contributed by atoms with Crippen LogP contribution in [0, 0.1) is 55.1 Å². The Labute approximate surface area is 477 Å². The highest BCUT2D eigenvalue weighted by Crippen LogP contribution is 2.34. The summed E-state index contributed by atoms with van der Waals surface area (Å²) in [6, 6.07) is 41.8. The van der Waals surface area contributed by atoms with Crippen LogP contribution in [0.3, 0.4) is 0 Å². The van der Waals surface area contributed by atoms with Crippen molar-refractivity contribution in [2.75, 3.05) is 29.5 Å². The Hall–Kier alpha value is -10.0. The normalized spacial score (nSPS) is 13.1. The summed E-state index contributed by atoms with van der Waals surface area (Å²) in [7, 11) is 0. The van der Waals surface area contributed by atoms with Gasteiger partial charge in [-0.15, -0.1) is 0 Å². The van der Waals surface area contributed by atoms with Gasteiger partial charge >= 0.3 is 0 Å². The van der Waals surface area contributed by atoms with E-state index in [-0.39, 0.29) is 40.5 Å². The molecule has 2 atom stereocenters. The van der Waals surface area contributed by atoms with E-state index in [1.807, 2.05) is 48.5 Å². The average Bonchev–Trinajstić information content (AvgIpc) is 4.60. The molecule has 2 fully saturated rings. The lowest BCUT2D eigenvalue weighted by Gasteiger charge is -2.21. The van der Waals surface area contributed by atoms with Crippen LogP contribution in [0.25, 0.3) is 27.1 Å². The molecule has 3 aromatic heterocycles. The molecule has 9 aromatic rings. The number of aliphatic carboxylic acids is 1.